The molecule has 0 aliphatic carbocycles. The summed E-state index contributed by atoms with van der Waals surface area (Å²) in [6.07, 6.45) is 7.90. The van der Waals surface area contributed by atoms with Crippen LogP contribution in [-0.4, -0.2) is 48.0 Å². The van der Waals surface area contributed by atoms with Gasteiger partial charge in [-0.15, -0.1) is 0 Å². The Morgan fingerprint density at radius 3 is 1.74 bits per heavy atom. The van der Waals surface area contributed by atoms with E-state index < -0.39 is 5.91 Å². The molecule has 0 bridgehead atoms. The number of nitrogens with zero attached hydrogens (tertiary/aromatic N) is 1. The summed E-state index contributed by atoms with van der Waals surface area (Å²) in [5, 5.41) is 9.82. The van der Waals surface area contributed by atoms with Gasteiger partial charge in [0.05, 0.1) is 0 Å². The molecule has 0 spiro atoms. The summed E-state index contributed by atoms with van der Waals surface area (Å²) in [5.74, 6) is -0.999. The number of rotatable bonds is 14. The van der Waals surface area contributed by atoms with Gasteiger partial charge in [-0.1, -0.05) is 25.7 Å². The van der Waals surface area contributed by atoms with Gasteiger partial charge in [0.25, 0.3) is 5.91 Å². The molecular weight excluding hydrogens is 344 g/mol. The minimum Gasteiger partial charge on any atom is -0.508 e. The first-order valence-corrected chi connectivity index (χ1v) is 9.83. The minimum absolute atomic E-state index is 0.129. The lowest BCUT2D eigenvalue weighted by molar-refractivity contribution is 0.0748. The molecule has 0 heterocycles. The van der Waals surface area contributed by atoms with Crippen LogP contribution in [0.2, 0.25) is 0 Å². The van der Waals surface area contributed by atoms with E-state index in [2.05, 4.69) is 0 Å². The maximum Gasteiger partial charge on any atom is 0.254 e. The number of carbonyl (C=O) groups excluding carboxylic acids is 2. The summed E-state index contributed by atoms with van der Waals surface area (Å²) in [5.41, 5.74) is 16.7. The molecule has 152 valence electrons. The van der Waals surface area contributed by atoms with Crippen molar-refractivity contribution < 1.29 is 14.7 Å². The number of phenolic OH excluding ortho intramolecular Hbond substituents is 1. The Labute approximate surface area is 161 Å². The van der Waals surface area contributed by atoms with E-state index in [4.69, 9.17) is 17.2 Å². The van der Waals surface area contributed by atoms with Crippen molar-refractivity contribution in [3.05, 3.63) is 29.3 Å². The van der Waals surface area contributed by atoms with Gasteiger partial charge in [0.15, 0.2) is 0 Å². The molecule has 0 atom stereocenters. The molecule has 2 amide bonds. The summed E-state index contributed by atoms with van der Waals surface area (Å²) in [6, 6.07) is 4.09. The smallest absolute Gasteiger partial charge is 0.254 e. The number of primary amides is 1. The Morgan fingerprint density at radius 2 is 1.26 bits per heavy atom. The molecule has 27 heavy (non-hydrogen) atoms. The molecule has 0 fully saturated rings. The van der Waals surface area contributed by atoms with E-state index in [0.717, 1.165) is 51.4 Å². The van der Waals surface area contributed by atoms with Crippen molar-refractivity contribution in [3.63, 3.8) is 0 Å². The van der Waals surface area contributed by atoms with Crippen LogP contribution in [-0.2, 0) is 0 Å². The van der Waals surface area contributed by atoms with E-state index in [1.54, 1.807) is 4.90 Å². The molecule has 1 aromatic rings. The molecule has 7 heteroatoms. The van der Waals surface area contributed by atoms with Gasteiger partial charge in [-0.3, -0.25) is 9.59 Å². The van der Waals surface area contributed by atoms with E-state index in [1.165, 1.54) is 18.2 Å². The van der Waals surface area contributed by atoms with Crippen molar-refractivity contribution in [2.24, 2.45) is 17.2 Å². The summed E-state index contributed by atoms with van der Waals surface area (Å²) < 4.78 is 0. The standard InChI is InChI=1S/C20H34N4O3/c21-9-5-1-3-7-11-24(12-8-4-2-6-10-22)20(27)17-13-16(19(23)26)14-18(25)15-17/h13-15,25H,1-12,21-22H2,(H2,23,26). The van der Waals surface area contributed by atoms with Gasteiger partial charge in [0.1, 0.15) is 5.75 Å². The first-order valence-electron chi connectivity index (χ1n) is 9.83. The van der Waals surface area contributed by atoms with Gasteiger partial charge in [0, 0.05) is 24.2 Å². The summed E-state index contributed by atoms with van der Waals surface area (Å²) in [7, 11) is 0. The third kappa shape index (κ3) is 8.88. The lowest BCUT2D eigenvalue weighted by Gasteiger charge is -2.23. The van der Waals surface area contributed by atoms with Crippen LogP contribution in [0.5, 0.6) is 5.75 Å². The molecule has 1 aromatic carbocycles. The van der Waals surface area contributed by atoms with Crippen molar-refractivity contribution >= 4 is 11.8 Å². The SMILES string of the molecule is NCCCCCCN(CCCCCCN)C(=O)c1cc(O)cc(C(N)=O)c1. The van der Waals surface area contributed by atoms with Crippen LogP contribution < -0.4 is 17.2 Å². The number of hydrogen-bond donors (Lipinski definition) is 4. The Hall–Kier alpha value is -2.12. The molecular formula is C20H34N4O3. The second-order valence-electron chi connectivity index (χ2n) is 6.83. The lowest BCUT2D eigenvalue weighted by atomic mass is 10.1. The zero-order valence-electron chi connectivity index (χ0n) is 16.2. The number of hydrogen-bond acceptors (Lipinski definition) is 5. The van der Waals surface area contributed by atoms with Crippen LogP contribution in [0, 0.1) is 0 Å². The maximum absolute atomic E-state index is 12.9. The van der Waals surface area contributed by atoms with Crippen molar-refractivity contribution in [2.45, 2.75) is 51.4 Å². The highest BCUT2D eigenvalue weighted by Gasteiger charge is 2.17. The maximum atomic E-state index is 12.9. The van der Waals surface area contributed by atoms with Crippen LogP contribution in [0.25, 0.3) is 0 Å². The average molecular weight is 379 g/mol. The molecule has 0 saturated carbocycles. The van der Waals surface area contributed by atoms with Gasteiger partial charge in [-0.2, -0.15) is 0 Å². The van der Waals surface area contributed by atoms with Crippen LogP contribution >= 0.6 is 0 Å². The molecule has 0 aliphatic rings. The second-order valence-corrected chi connectivity index (χ2v) is 6.83. The van der Waals surface area contributed by atoms with Gasteiger partial charge in [-0.05, 0) is 57.0 Å². The fraction of sp³-hybridized carbons (Fsp3) is 0.600. The number of nitrogens with two attached hydrogens (primary N) is 3. The predicted molar refractivity (Wildman–Crippen MR) is 108 cm³/mol. The third-order valence-corrected chi connectivity index (χ3v) is 4.50. The normalized spacial score (nSPS) is 10.7. The highest BCUT2D eigenvalue weighted by molar-refractivity contribution is 5.99. The minimum atomic E-state index is -0.671. The zero-order chi connectivity index (χ0) is 20.1. The van der Waals surface area contributed by atoms with Crippen molar-refractivity contribution in [2.75, 3.05) is 26.2 Å². The quantitative estimate of drug-likeness (QED) is 0.367. The predicted octanol–water partition coefficient (Wildman–Crippen LogP) is 1.97. The zero-order valence-corrected chi connectivity index (χ0v) is 16.2. The first-order chi connectivity index (χ1) is 13.0. The van der Waals surface area contributed by atoms with Crippen LogP contribution in [0.15, 0.2) is 18.2 Å². The topological polar surface area (TPSA) is 136 Å². The molecule has 0 aliphatic heterocycles. The van der Waals surface area contributed by atoms with Crippen LogP contribution in [0.4, 0.5) is 0 Å². The fourth-order valence-corrected chi connectivity index (χ4v) is 2.98. The number of phenols is 1. The number of benzene rings is 1. The lowest BCUT2D eigenvalue weighted by Crippen LogP contribution is -2.33. The molecule has 7 N–H and O–H groups in total. The summed E-state index contributed by atoms with van der Waals surface area (Å²) in [6.45, 7) is 2.65. The molecule has 0 unspecified atom stereocenters. The Kier molecular flexibility index (Phi) is 11.1. The monoisotopic (exact) mass is 378 g/mol. The molecule has 7 nitrogen and oxygen atoms in total. The van der Waals surface area contributed by atoms with E-state index in [0.29, 0.717) is 26.2 Å². The number of amides is 2. The van der Waals surface area contributed by atoms with Gasteiger partial charge < -0.3 is 27.2 Å². The first kappa shape index (κ1) is 22.9. The van der Waals surface area contributed by atoms with Gasteiger partial charge in [-0.25, -0.2) is 0 Å². The largest absolute Gasteiger partial charge is 0.508 e. The highest BCUT2D eigenvalue weighted by atomic mass is 16.3. The fourth-order valence-electron chi connectivity index (χ4n) is 2.98. The Balaban J connectivity index is 2.76. The highest BCUT2D eigenvalue weighted by Crippen LogP contribution is 2.18. The van der Waals surface area contributed by atoms with E-state index >= 15 is 0 Å². The van der Waals surface area contributed by atoms with Gasteiger partial charge >= 0.3 is 0 Å². The van der Waals surface area contributed by atoms with E-state index in [1.807, 2.05) is 0 Å². The Bertz CT molecular complexity index is 579. The average Bonchev–Trinajstić information content (AvgIpc) is 2.65. The second kappa shape index (κ2) is 13.1. The van der Waals surface area contributed by atoms with E-state index in [9.17, 15) is 14.7 Å². The van der Waals surface area contributed by atoms with Crippen molar-refractivity contribution in [3.8, 4) is 5.75 Å². The van der Waals surface area contributed by atoms with Crippen molar-refractivity contribution in [1.82, 2.24) is 4.90 Å². The van der Waals surface area contributed by atoms with Gasteiger partial charge in [0.2, 0.25) is 5.91 Å². The van der Waals surface area contributed by atoms with Crippen LogP contribution in [0.3, 0.4) is 0 Å². The summed E-state index contributed by atoms with van der Waals surface area (Å²) >= 11 is 0. The molecule has 1 rings (SSSR count). The van der Waals surface area contributed by atoms with Crippen molar-refractivity contribution in [1.29, 1.82) is 0 Å². The van der Waals surface area contributed by atoms with E-state index in [-0.39, 0.29) is 22.8 Å². The Morgan fingerprint density at radius 1 is 0.778 bits per heavy atom. The molecule has 0 radical (unpaired) electrons. The molecule has 0 aromatic heterocycles. The number of carbonyl (C=O) groups is 2. The number of aromatic hydroxyl groups is 1. The van der Waals surface area contributed by atoms with Crippen LogP contribution in [0.1, 0.15) is 72.1 Å². The molecule has 0 saturated heterocycles. The number of unbranched alkanes of at least 4 members (excludes halogenated alkanes) is 6. The third-order valence-electron chi connectivity index (χ3n) is 4.50. The summed E-state index contributed by atoms with van der Waals surface area (Å²) in [4.78, 5) is 26.1.